The maximum Gasteiger partial charge on any atom is 0.242 e. The van der Waals surface area contributed by atoms with Crippen molar-refractivity contribution in [3.63, 3.8) is 0 Å². The standard InChI is InChI=1S/C15H21N3O2S/c1-12-4-5-13(2)14(10-12)21(19,20)17-15(11-16)6-8-18(3)9-7-15/h4-5,10,17H,6-9H2,1-3H3. The summed E-state index contributed by atoms with van der Waals surface area (Å²) >= 11 is 0. The van der Waals surface area contributed by atoms with E-state index in [-0.39, 0.29) is 4.90 Å². The first-order valence-corrected chi connectivity index (χ1v) is 8.47. The molecule has 5 nitrogen and oxygen atoms in total. The summed E-state index contributed by atoms with van der Waals surface area (Å²) in [6.45, 7) is 5.04. The largest absolute Gasteiger partial charge is 0.306 e. The molecule has 6 heteroatoms. The molecule has 1 fully saturated rings. The number of sulfonamides is 1. The van der Waals surface area contributed by atoms with E-state index in [1.807, 2.05) is 20.0 Å². The van der Waals surface area contributed by atoms with Gasteiger partial charge in [0.1, 0.15) is 5.54 Å². The molecule has 0 aromatic heterocycles. The third kappa shape index (κ3) is 3.43. The Morgan fingerprint density at radius 3 is 2.48 bits per heavy atom. The van der Waals surface area contributed by atoms with Crippen LogP contribution in [-0.4, -0.2) is 39.0 Å². The van der Waals surface area contributed by atoms with Crippen molar-refractivity contribution in [3.05, 3.63) is 29.3 Å². The molecule has 0 bridgehead atoms. The lowest BCUT2D eigenvalue weighted by Gasteiger charge is -2.35. The van der Waals surface area contributed by atoms with Gasteiger partial charge in [-0.05, 0) is 50.9 Å². The Bertz CT molecular complexity index is 669. The second-order valence-electron chi connectivity index (χ2n) is 5.87. The molecule has 1 aromatic carbocycles. The summed E-state index contributed by atoms with van der Waals surface area (Å²) < 4.78 is 27.9. The number of benzene rings is 1. The van der Waals surface area contributed by atoms with Crippen molar-refractivity contribution in [2.24, 2.45) is 0 Å². The molecule has 1 saturated heterocycles. The number of piperidine rings is 1. The fraction of sp³-hybridized carbons (Fsp3) is 0.533. The van der Waals surface area contributed by atoms with E-state index >= 15 is 0 Å². The minimum absolute atomic E-state index is 0.260. The lowest BCUT2D eigenvalue weighted by molar-refractivity contribution is 0.213. The molecule has 1 aromatic rings. The molecule has 2 rings (SSSR count). The van der Waals surface area contributed by atoms with Crippen molar-refractivity contribution in [2.45, 2.75) is 37.1 Å². The fourth-order valence-electron chi connectivity index (χ4n) is 2.55. The molecular formula is C15H21N3O2S. The summed E-state index contributed by atoms with van der Waals surface area (Å²) in [5, 5.41) is 9.47. The van der Waals surface area contributed by atoms with E-state index in [1.165, 1.54) is 0 Å². The van der Waals surface area contributed by atoms with Gasteiger partial charge in [-0.2, -0.15) is 9.98 Å². The van der Waals surface area contributed by atoms with Crippen LogP contribution in [0.15, 0.2) is 23.1 Å². The van der Waals surface area contributed by atoms with Crippen molar-refractivity contribution in [3.8, 4) is 6.07 Å². The van der Waals surface area contributed by atoms with Gasteiger partial charge in [-0.1, -0.05) is 12.1 Å². The number of likely N-dealkylation sites (tertiary alicyclic amines) is 1. The van der Waals surface area contributed by atoms with Gasteiger partial charge in [-0.25, -0.2) is 8.42 Å². The van der Waals surface area contributed by atoms with Crippen LogP contribution in [0, 0.1) is 25.2 Å². The monoisotopic (exact) mass is 307 g/mol. The summed E-state index contributed by atoms with van der Waals surface area (Å²) in [7, 11) is -1.72. The highest BCUT2D eigenvalue weighted by atomic mass is 32.2. The van der Waals surface area contributed by atoms with Crippen LogP contribution in [0.3, 0.4) is 0 Å². The third-order valence-electron chi connectivity index (χ3n) is 4.02. The van der Waals surface area contributed by atoms with Crippen LogP contribution in [-0.2, 0) is 10.0 Å². The number of nitrogens with one attached hydrogen (secondary N) is 1. The van der Waals surface area contributed by atoms with Crippen molar-refractivity contribution in [1.29, 1.82) is 5.26 Å². The smallest absolute Gasteiger partial charge is 0.242 e. The van der Waals surface area contributed by atoms with E-state index in [9.17, 15) is 13.7 Å². The maximum absolute atomic E-state index is 12.6. The van der Waals surface area contributed by atoms with Crippen molar-refractivity contribution < 1.29 is 8.42 Å². The zero-order valence-corrected chi connectivity index (χ0v) is 13.5. The summed E-state index contributed by atoms with van der Waals surface area (Å²) in [5.41, 5.74) is 0.575. The molecule has 0 unspecified atom stereocenters. The number of aryl methyl sites for hydroxylation is 2. The molecular weight excluding hydrogens is 286 g/mol. The van der Waals surface area contributed by atoms with E-state index in [0.717, 1.165) is 5.56 Å². The number of nitrogens with zero attached hydrogens (tertiary/aromatic N) is 2. The van der Waals surface area contributed by atoms with Crippen LogP contribution in [0.4, 0.5) is 0 Å². The Morgan fingerprint density at radius 2 is 1.90 bits per heavy atom. The predicted molar refractivity (Wildman–Crippen MR) is 81.3 cm³/mol. The highest BCUT2D eigenvalue weighted by Crippen LogP contribution is 2.25. The van der Waals surface area contributed by atoms with Crippen LogP contribution in [0.25, 0.3) is 0 Å². The summed E-state index contributed by atoms with van der Waals surface area (Å²) in [4.78, 5) is 2.36. The van der Waals surface area contributed by atoms with Gasteiger partial charge in [0.2, 0.25) is 10.0 Å². The van der Waals surface area contributed by atoms with Gasteiger partial charge in [0.05, 0.1) is 11.0 Å². The van der Waals surface area contributed by atoms with E-state index < -0.39 is 15.6 Å². The van der Waals surface area contributed by atoms with Crippen molar-refractivity contribution in [1.82, 2.24) is 9.62 Å². The zero-order chi connectivity index (χ0) is 15.7. The Labute approximate surface area is 126 Å². The van der Waals surface area contributed by atoms with Gasteiger partial charge in [0.15, 0.2) is 0 Å². The normalized spacial score (nSPS) is 19.1. The van der Waals surface area contributed by atoms with Gasteiger partial charge >= 0.3 is 0 Å². The first kappa shape index (κ1) is 16.0. The third-order valence-corrected chi connectivity index (χ3v) is 5.70. The maximum atomic E-state index is 12.6. The lowest BCUT2D eigenvalue weighted by atomic mass is 9.91. The van der Waals surface area contributed by atoms with Gasteiger partial charge in [0, 0.05) is 13.1 Å². The Balaban J connectivity index is 2.32. The molecule has 0 spiro atoms. The molecule has 0 aliphatic carbocycles. The zero-order valence-electron chi connectivity index (χ0n) is 12.7. The van der Waals surface area contributed by atoms with Crippen LogP contribution < -0.4 is 4.72 Å². The van der Waals surface area contributed by atoms with Crippen molar-refractivity contribution >= 4 is 10.0 Å². The number of hydrogen-bond donors (Lipinski definition) is 1. The molecule has 0 amide bonds. The second kappa shape index (κ2) is 5.76. The SMILES string of the molecule is Cc1ccc(C)c(S(=O)(=O)NC2(C#N)CCN(C)CC2)c1. The highest BCUT2D eigenvalue weighted by molar-refractivity contribution is 7.89. The molecule has 0 saturated carbocycles. The number of rotatable bonds is 3. The lowest BCUT2D eigenvalue weighted by Crippen LogP contribution is -2.53. The highest BCUT2D eigenvalue weighted by Gasteiger charge is 2.38. The first-order chi connectivity index (χ1) is 9.78. The molecule has 1 heterocycles. The quantitative estimate of drug-likeness (QED) is 0.920. The molecule has 1 N–H and O–H groups in total. The Kier molecular flexibility index (Phi) is 4.38. The average molecular weight is 307 g/mol. The Morgan fingerprint density at radius 1 is 1.29 bits per heavy atom. The molecule has 114 valence electrons. The van der Waals surface area contributed by atoms with E-state index in [2.05, 4.69) is 15.7 Å². The van der Waals surface area contributed by atoms with Gasteiger partial charge in [-0.3, -0.25) is 0 Å². The summed E-state index contributed by atoms with van der Waals surface area (Å²) in [6.07, 6.45) is 1.01. The minimum atomic E-state index is -3.69. The van der Waals surface area contributed by atoms with Gasteiger partial charge in [0.25, 0.3) is 0 Å². The fourth-order valence-corrected chi connectivity index (χ4v) is 4.25. The molecule has 0 atom stereocenters. The van der Waals surface area contributed by atoms with E-state index in [4.69, 9.17) is 0 Å². The second-order valence-corrected chi connectivity index (χ2v) is 7.52. The Hall–Kier alpha value is -1.42. The molecule has 0 radical (unpaired) electrons. The molecule has 1 aliphatic rings. The van der Waals surface area contributed by atoms with Gasteiger partial charge < -0.3 is 4.90 Å². The number of hydrogen-bond acceptors (Lipinski definition) is 4. The van der Waals surface area contributed by atoms with Crippen LogP contribution in [0.1, 0.15) is 24.0 Å². The van der Waals surface area contributed by atoms with Crippen LogP contribution in [0.5, 0.6) is 0 Å². The van der Waals surface area contributed by atoms with E-state index in [1.54, 1.807) is 19.1 Å². The summed E-state index contributed by atoms with van der Waals surface area (Å²) in [6, 6.07) is 7.50. The minimum Gasteiger partial charge on any atom is -0.306 e. The predicted octanol–water partition coefficient (Wildman–Crippen LogP) is 1.57. The van der Waals surface area contributed by atoms with Crippen LogP contribution >= 0.6 is 0 Å². The molecule has 1 aliphatic heterocycles. The number of nitriles is 1. The van der Waals surface area contributed by atoms with Crippen LogP contribution in [0.2, 0.25) is 0 Å². The summed E-state index contributed by atoms with van der Waals surface area (Å²) in [5.74, 6) is 0. The van der Waals surface area contributed by atoms with E-state index in [0.29, 0.717) is 31.5 Å². The molecule has 21 heavy (non-hydrogen) atoms. The topological polar surface area (TPSA) is 73.2 Å². The van der Waals surface area contributed by atoms with Gasteiger partial charge in [-0.15, -0.1) is 0 Å². The first-order valence-electron chi connectivity index (χ1n) is 6.99. The van der Waals surface area contributed by atoms with Crippen molar-refractivity contribution in [2.75, 3.05) is 20.1 Å². The average Bonchev–Trinajstić information content (AvgIpc) is 2.44.